The molecule has 1 N–H and O–H groups in total. The van der Waals surface area contributed by atoms with Crippen molar-refractivity contribution in [1.29, 1.82) is 0 Å². The highest BCUT2D eigenvalue weighted by atomic mass is 19.4. The Kier molecular flexibility index (Phi) is 5.78. The van der Waals surface area contributed by atoms with Gasteiger partial charge in [0.1, 0.15) is 0 Å². The van der Waals surface area contributed by atoms with Crippen LogP contribution >= 0.6 is 0 Å². The number of carbonyl (C=O) groups is 2. The van der Waals surface area contributed by atoms with Crippen LogP contribution in [0.3, 0.4) is 0 Å². The van der Waals surface area contributed by atoms with Crippen LogP contribution in [0, 0.1) is 13.8 Å². The predicted molar refractivity (Wildman–Crippen MR) is 105 cm³/mol. The first-order valence-electron chi connectivity index (χ1n) is 9.23. The molecule has 0 aliphatic carbocycles. The van der Waals surface area contributed by atoms with Crippen molar-refractivity contribution in [2.45, 2.75) is 33.0 Å². The van der Waals surface area contributed by atoms with Gasteiger partial charge in [0.15, 0.2) is 0 Å². The SMILES string of the molecule is Cc1nn(-c2cccc(C(F)(F)F)c2)c(C)c1C(=O)C(=O)NC(C)c1ccccc1. The fourth-order valence-electron chi connectivity index (χ4n) is 3.24. The molecule has 5 nitrogen and oxygen atoms in total. The smallest absolute Gasteiger partial charge is 0.343 e. The quantitative estimate of drug-likeness (QED) is 0.491. The molecule has 0 radical (unpaired) electrons. The number of aryl methyl sites for hydroxylation is 1. The fraction of sp³-hybridized carbons (Fsp3) is 0.227. The summed E-state index contributed by atoms with van der Waals surface area (Å²) in [5.41, 5.74) is 0.797. The van der Waals surface area contributed by atoms with Crippen molar-refractivity contribution in [3.8, 4) is 5.69 Å². The number of ketones is 1. The Morgan fingerprint density at radius 1 is 1.03 bits per heavy atom. The molecule has 0 fully saturated rings. The zero-order valence-corrected chi connectivity index (χ0v) is 16.6. The van der Waals surface area contributed by atoms with E-state index in [-0.39, 0.29) is 23.0 Å². The molecule has 1 aromatic heterocycles. The molecule has 8 heteroatoms. The summed E-state index contributed by atoms with van der Waals surface area (Å²) in [4.78, 5) is 25.3. The molecule has 3 rings (SSSR count). The molecule has 0 saturated heterocycles. The van der Waals surface area contributed by atoms with E-state index in [1.54, 1.807) is 13.8 Å². The van der Waals surface area contributed by atoms with Crippen LogP contribution in [0.25, 0.3) is 5.69 Å². The van der Waals surface area contributed by atoms with E-state index >= 15 is 0 Å². The summed E-state index contributed by atoms with van der Waals surface area (Å²) < 4.78 is 40.3. The van der Waals surface area contributed by atoms with Gasteiger partial charge in [-0.1, -0.05) is 36.4 Å². The Balaban J connectivity index is 1.88. The second-order valence-electron chi connectivity index (χ2n) is 6.94. The maximum atomic E-state index is 13.0. The zero-order valence-electron chi connectivity index (χ0n) is 16.6. The molecule has 0 saturated carbocycles. The summed E-state index contributed by atoms with van der Waals surface area (Å²) in [5, 5.41) is 6.85. The highest BCUT2D eigenvalue weighted by molar-refractivity contribution is 6.43. The van der Waals surface area contributed by atoms with E-state index in [1.807, 2.05) is 30.3 Å². The summed E-state index contributed by atoms with van der Waals surface area (Å²) in [6.07, 6.45) is -4.50. The van der Waals surface area contributed by atoms with E-state index in [1.165, 1.54) is 23.7 Å². The summed E-state index contributed by atoms with van der Waals surface area (Å²) in [6, 6.07) is 13.4. The lowest BCUT2D eigenvalue weighted by molar-refractivity contribution is -0.137. The third kappa shape index (κ3) is 4.27. The van der Waals surface area contributed by atoms with E-state index < -0.39 is 23.4 Å². The van der Waals surface area contributed by atoms with Gasteiger partial charge in [0, 0.05) is 0 Å². The summed E-state index contributed by atoms with van der Waals surface area (Å²) in [5.74, 6) is -1.59. The van der Waals surface area contributed by atoms with Gasteiger partial charge in [-0.3, -0.25) is 9.59 Å². The van der Waals surface area contributed by atoms with Gasteiger partial charge in [0.25, 0.3) is 11.7 Å². The Labute approximate surface area is 171 Å². The number of nitrogens with zero attached hydrogens (tertiary/aromatic N) is 2. The zero-order chi connectivity index (χ0) is 22.1. The largest absolute Gasteiger partial charge is 0.416 e. The van der Waals surface area contributed by atoms with Crippen molar-refractivity contribution in [3.05, 3.63) is 82.7 Å². The highest BCUT2D eigenvalue weighted by Gasteiger charge is 2.31. The number of aromatic nitrogens is 2. The molecule has 0 aliphatic heterocycles. The van der Waals surface area contributed by atoms with Crippen LogP contribution in [0.5, 0.6) is 0 Å². The molecule has 2 aromatic carbocycles. The number of carbonyl (C=O) groups excluding carboxylic acids is 2. The minimum Gasteiger partial charge on any atom is -0.343 e. The van der Waals surface area contributed by atoms with Gasteiger partial charge in [-0.05, 0) is 44.5 Å². The molecule has 1 atom stereocenters. The molecule has 0 aliphatic rings. The standard InChI is InChI=1S/C22H20F3N3O2/c1-13(16-8-5-4-6-9-16)26-21(30)20(29)19-14(2)27-28(15(19)3)18-11-7-10-17(12-18)22(23,24)25/h4-13H,1-3H3,(H,26,30). The number of alkyl halides is 3. The van der Waals surface area contributed by atoms with Crippen LogP contribution in [-0.4, -0.2) is 21.5 Å². The Hall–Kier alpha value is -3.42. The number of benzene rings is 2. The minimum atomic E-state index is -4.50. The van der Waals surface area contributed by atoms with Crippen LogP contribution < -0.4 is 5.32 Å². The van der Waals surface area contributed by atoms with Gasteiger partial charge in [-0.15, -0.1) is 0 Å². The first kappa shape index (κ1) is 21.3. The molecule has 1 heterocycles. The van der Waals surface area contributed by atoms with Crippen LogP contribution in [-0.2, 0) is 11.0 Å². The minimum absolute atomic E-state index is 0.0742. The van der Waals surface area contributed by atoms with E-state index in [0.717, 1.165) is 17.7 Å². The number of Topliss-reactive ketones (excluding diaryl/α,β-unsaturated/α-hetero) is 1. The Morgan fingerprint density at radius 2 is 1.70 bits per heavy atom. The number of hydrogen-bond acceptors (Lipinski definition) is 3. The lowest BCUT2D eigenvalue weighted by atomic mass is 10.1. The highest BCUT2D eigenvalue weighted by Crippen LogP contribution is 2.31. The van der Waals surface area contributed by atoms with Crippen LogP contribution in [0.2, 0.25) is 0 Å². The molecule has 30 heavy (non-hydrogen) atoms. The Morgan fingerprint density at radius 3 is 2.33 bits per heavy atom. The Bertz CT molecular complexity index is 1090. The fourth-order valence-corrected chi connectivity index (χ4v) is 3.24. The second kappa shape index (κ2) is 8.14. The predicted octanol–water partition coefficient (Wildman–Crippen LogP) is 4.57. The van der Waals surface area contributed by atoms with Crippen LogP contribution in [0.4, 0.5) is 13.2 Å². The van der Waals surface area contributed by atoms with Crippen molar-refractivity contribution >= 4 is 11.7 Å². The third-order valence-electron chi connectivity index (χ3n) is 4.79. The van der Waals surface area contributed by atoms with Crippen molar-refractivity contribution in [2.75, 3.05) is 0 Å². The van der Waals surface area contributed by atoms with Gasteiger partial charge in [-0.25, -0.2) is 4.68 Å². The van der Waals surface area contributed by atoms with Crippen molar-refractivity contribution in [2.24, 2.45) is 0 Å². The first-order chi connectivity index (χ1) is 14.1. The first-order valence-corrected chi connectivity index (χ1v) is 9.23. The number of amides is 1. The lowest BCUT2D eigenvalue weighted by Gasteiger charge is -2.14. The average Bonchev–Trinajstić information content (AvgIpc) is 3.01. The summed E-state index contributed by atoms with van der Waals surface area (Å²) >= 11 is 0. The molecule has 1 unspecified atom stereocenters. The molecule has 3 aromatic rings. The van der Waals surface area contributed by atoms with Gasteiger partial charge in [0.05, 0.1) is 34.2 Å². The van der Waals surface area contributed by atoms with E-state index in [0.29, 0.717) is 5.69 Å². The molecular weight excluding hydrogens is 395 g/mol. The molecular formula is C22H20F3N3O2. The van der Waals surface area contributed by atoms with Crippen molar-refractivity contribution < 1.29 is 22.8 Å². The van der Waals surface area contributed by atoms with E-state index in [4.69, 9.17) is 0 Å². The number of nitrogens with one attached hydrogen (secondary N) is 1. The van der Waals surface area contributed by atoms with E-state index in [9.17, 15) is 22.8 Å². The molecule has 0 bridgehead atoms. The summed E-state index contributed by atoms with van der Waals surface area (Å²) in [7, 11) is 0. The second-order valence-corrected chi connectivity index (χ2v) is 6.94. The molecule has 156 valence electrons. The van der Waals surface area contributed by atoms with Gasteiger partial charge in [-0.2, -0.15) is 18.3 Å². The number of hydrogen-bond donors (Lipinski definition) is 1. The molecule has 0 spiro atoms. The van der Waals surface area contributed by atoms with Crippen LogP contribution in [0.1, 0.15) is 45.8 Å². The van der Waals surface area contributed by atoms with Crippen molar-refractivity contribution in [1.82, 2.24) is 15.1 Å². The maximum Gasteiger partial charge on any atom is 0.416 e. The van der Waals surface area contributed by atoms with Crippen molar-refractivity contribution in [3.63, 3.8) is 0 Å². The lowest BCUT2D eigenvalue weighted by Crippen LogP contribution is -2.33. The van der Waals surface area contributed by atoms with Gasteiger partial charge >= 0.3 is 6.18 Å². The number of rotatable bonds is 5. The van der Waals surface area contributed by atoms with Gasteiger partial charge in [0.2, 0.25) is 0 Å². The number of halogens is 3. The van der Waals surface area contributed by atoms with E-state index in [2.05, 4.69) is 10.4 Å². The third-order valence-corrected chi connectivity index (χ3v) is 4.79. The monoisotopic (exact) mass is 415 g/mol. The topological polar surface area (TPSA) is 64.0 Å². The normalized spacial score (nSPS) is 12.5. The summed E-state index contributed by atoms with van der Waals surface area (Å²) in [6.45, 7) is 4.84. The maximum absolute atomic E-state index is 13.0. The molecule has 1 amide bonds. The van der Waals surface area contributed by atoms with Crippen LogP contribution in [0.15, 0.2) is 54.6 Å². The van der Waals surface area contributed by atoms with Gasteiger partial charge < -0.3 is 5.32 Å². The average molecular weight is 415 g/mol.